The van der Waals surface area contributed by atoms with E-state index >= 15 is 0 Å². The van der Waals surface area contributed by atoms with Gasteiger partial charge >= 0.3 is 0 Å². The van der Waals surface area contributed by atoms with Crippen molar-refractivity contribution in [2.45, 2.75) is 37.8 Å². The minimum Gasteiger partial charge on any atom is -0.507 e. The summed E-state index contributed by atoms with van der Waals surface area (Å²) >= 11 is 5.75. The minimum atomic E-state index is -0.234. The molecule has 0 saturated heterocycles. The zero-order valence-electron chi connectivity index (χ0n) is 10.9. The van der Waals surface area contributed by atoms with Crippen LogP contribution in [0.3, 0.4) is 0 Å². The predicted octanol–water partition coefficient (Wildman–Crippen LogP) is 2.31. The number of benzene rings is 1. The Morgan fingerprint density at radius 2 is 1.89 bits per heavy atom. The predicted molar refractivity (Wildman–Crippen MR) is 75.7 cm³/mol. The number of carbonyl (C=O) groups is 1. The van der Waals surface area contributed by atoms with E-state index in [-0.39, 0.29) is 23.3 Å². The lowest BCUT2D eigenvalue weighted by Crippen LogP contribution is -2.41. The fourth-order valence-corrected chi connectivity index (χ4v) is 2.65. The van der Waals surface area contributed by atoms with E-state index in [2.05, 4.69) is 10.6 Å². The van der Waals surface area contributed by atoms with Gasteiger partial charge in [0.05, 0.1) is 5.56 Å². The standard InChI is InChI=1S/C14H19ClN2O2/c1-16-10-3-5-11(6-4-10)17-14(19)12-7-2-9(15)8-13(12)18/h2,7-8,10-11,16,18H,3-6H2,1H3,(H,17,19). The van der Waals surface area contributed by atoms with Gasteiger partial charge in [-0.2, -0.15) is 0 Å². The molecule has 2 rings (SSSR count). The molecule has 1 saturated carbocycles. The normalized spacial score (nSPS) is 23.1. The number of rotatable bonds is 3. The summed E-state index contributed by atoms with van der Waals surface area (Å²) in [6.45, 7) is 0. The molecular formula is C14H19ClN2O2. The van der Waals surface area contributed by atoms with Crippen LogP contribution in [-0.4, -0.2) is 30.1 Å². The van der Waals surface area contributed by atoms with Crippen molar-refractivity contribution in [1.29, 1.82) is 0 Å². The van der Waals surface area contributed by atoms with Crippen molar-refractivity contribution in [3.05, 3.63) is 28.8 Å². The fourth-order valence-electron chi connectivity index (χ4n) is 2.49. The molecule has 0 bridgehead atoms. The first kappa shape index (κ1) is 14.2. The van der Waals surface area contributed by atoms with Crippen LogP contribution >= 0.6 is 11.6 Å². The van der Waals surface area contributed by atoms with Crippen molar-refractivity contribution >= 4 is 17.5 Å². The molecule has 5 heteroatoms. The highest BCUT2D eigenvalue weighted by molar-refractivity contribution is 6.30. The van der Waals surface area contributed by atoms with Crippen LogP contribution in [0.1, 0.15) is 36.0 Å². The summed E-state index contributed by atoms with van der Waals surface area (Å²) in [5.41, 5.74) is 0.278. The topological polar surface area (TPSA) is 61.4 Å². The SMILES string of the molecule is CNC1CCC(NC(=O)c2ccc(Cl)cc2O)CC1. The molecule has 0 radical (unpaired) electrons. The Kier molecular flexibility index (Phi) is 4.66. The Bertz CT molecular complexity index is 457. The van der Waals surface area contributed by atoms with Gasteiger partial charge in [-0.3, -0.25) is 4.79 Å². The van der Waals surface area contributed by atoms with Crippen LogP contribution in [0.4, 0.5) is 0 Å². The number of phenolic OH excluding ortho intramolecular Hbond substituents is 1. The van der Waals surface area contributed by atoms with Gasteiger partial charge in [0.2, 0.25) is 0 Å². The zero-order valence-corrected chi connectivity index (χ0v) is 11.7. The molecule has 1 fully saturated rings. The first-order chi connectivity index (χ1) is 9.10. The first-order valence-electron chi connectivity index (χ1n) is 6.57. The number of carbonyl (C=O) groups excluding carboxylic acids is 1. The molecule has 0 spiro atoms. The lowest BCUT2D eigenvalue weighted by molar-refractivity contribution is 0.0922. The average molecular weight is 283 g/mol. The molecule has 3 N–H and O–H groups in total. The fraction of sp³-hybridized carbons (Fsp3) is 0.500. The maximum atomic E-state index is 12.1. The molecule has 0 aliphatic heterocycles. The summed E-state index contributed by atoms with van der Waals surface area (Å²) in [7, 11) is 1.97. The Morgan fingerprint density at radius 1 is 1.26 bits per heavy atom. The van der Waals surface area contributed by atoms with Gasteiger partial charge in [0, 0.05) is 17.1 Å². The Balaban J connectivity index is 1.94. The highest BCUT2D eigenvalue weighted by atomic mass is 35.5. The second kappa shape index (κ2) is 6.26. The smallest absolute Gasteiger partial charge is 0.255 e. The van der Waals surface area contributed by atoms with E-state index in [4.69, 9.17) is 11.6 Å². The molecule has 1 aromatic rings. The van der Waals surface area contributed by atoms with Crippen molar-refractivity contribution in [2.75, 3.05) is 7.05 Å². The highest BCUT2D eigenvalue weighted by Crippen LogP contribution is 2.23. The van der Waals surface area contributed by atoms with Gasteiger partial charge < -0.3 is 15.7 Å². The third-order valence-electron chi connectivity index (χ3n) is 3.68. The first-order valence-corrected chi connectivity index (χ1v) is 6.94. The quantitative estimate of drug-likeness (QED) is 0.797. The van der Waals surface area contributed by atoms with E-state index in [9.17, 15) is 9.90 Å². The molecule has 0 atom stereocenters. The van der Waals surface area contributed by atoms with Crippen molar-refractivity contribution in [3.63, 3.8) is 0 Å². The van der Waals surface area contributed by atoms with E-state index in [1.807, 2.05) is 7.05 Å². The third kappa shape index (κ3) is 3.61. The molecular weight excluding hydrogens is 264 g/mol. The largest absolute Gasteiger partial charge is 0.507 e. The Hall–Kier alpha value is -1.26. The molecule has 0 unspecified atom stereocenters. The summed E-state index contributed by atoms with van der Waals surface area (Å²) in [4.78, 5) is 12.1. The molecule has 1 aliphatic carbocycles. The van der Waals surface area contributed by atoms with Gasteiger partial charge in [-0.1, -0.05) is 11.6 Å². The van der Waals surface area contributed by atoms with Crippen LogP contribution in [0.5, 0.6) is 5.75 Å². The minimum absolute atomic E-state index is 0.0751. The van der Waals surface area contributed by atoms with Crippen LogP contribution in [0, 0.1) is 0 Å². The number of aromatic hydroxyl groups is 1. The summed E-state index contributed by atoms with van der Waals surface area (Å²) in [6, 6.07) is 5.28. The van der Waals surface area contributed by atoms with Gasteiger partial charge in [0.15, 0.2) is 0 Å². The van der Waals surface area contributed by atoms with Crippen molar-refractivity contribution in [2.24, 2.45) is 0 Å². The highest BCUT2D eigenvalue weighted by Gasteiger charge is 2.22. The Labute approximate surface area is 118 Å². The van der Waals surface area contributed by atoms with Gasteiger partial charge in [0.1, 0.15) is 5.75 Å². The lowest BCUT2D eigenvalue weighted by Gasteiger charge is -2.28. The van der Waals surface area contributed by atoms with E-state index in [1.165, 1.54) is 6.07 Å². The van der Waals surface area contributed by atoms with E-state index in [1.54, 1.807) is 12.1 Å². The average Bonchev–Trinajstić information content (AvgIpc) is 2.39. The number of phenols is 1. The van der Waals surface area contributed by atoms with E-state index in [0.717, 1.165) is 25.7 Å². The Morgan fingerprint density at radius 3 is 2.47 bits per heavy atom. The second-order valence-electron chi connectivity index (χ2n) is 4.97. The maximum absolute atomic E-state index is 12.1. The lowest BCUT2D eigenvalue weighted by atomic mass is 9.91. The number of hydrogen-bond acceptors (Lipinski definition) is 3. The molecule has 104 valence electrons. The molecule has 1 amide bonds. The third-order valence-corrected chi connectivity index (χ3v) is 3.91. The molecule has 19 heavy (non-hydrogen) atoms. The van der Waals surface area contributed by atoms with Gasteiger partial charge in [-0.25, -0.2) is 0 Å². The van der Waals surface area contributed by atoms with Gasteiger partial charge in [0.25, 0.3) is 5.91 Å². The molecule has 1 aliphatic rings. The number of amides is 1. The molecule has 1 aromatic carbocycles. The molecule has 0 aromatic heterocycles. The van der Waals surface area contributed by atoms with Gasteiger partial charge in [-0.05, 0) is 50.9 Å². The maximum Gasteiger partial charge on any atom is 0.255 e. The number of halogens is 1. The van der Waals surface area contributed by atoms with Crippen LogP contribution in [0.25, 0.3) is 0 Å². The van der Waals surface area contributed by atoms with E-state index in [0.29, 0.717) is 11.1 Å². The monoisotopic (exact) mass is 282 g/mol. The van der Waals surface area contributed by atoms with Crippen LogP contribution in [0.15, 0.2) is 18.2 Å². The molecule has 0 heterocycles. The second-order valence-corrected chi connectivity index (χ2v) is 5.41. The number of nitrogens with one attached hydrogen (secondary N) is 2. The summed E-state index contributed by atoms with van der Waals surface area (Å²) in [6.07, 6.45) is 4.05. The summed E-state index contributed by atoms with van der Waals surface area (Å²) in [5.74, 6) is -0.309. The van der Waals surface area contributed by atoms with E-state index < -0.39 is 0 Å². The zero-order chi connectivity index (χ0) is 13.8. The summed E-state index contributed by atoms with van der Waals surface area (Å²) in [5, 5.41) is 16.4. The van der Waals surface area contributed by atoms with Crippen molar-refractivity contribution < 1.29 is 9.90 Å². The van der Waals surface area contributed by atoms with Crippen LogP contribution in [0.2, 0.25) is 5.02 Å². The van der Waals surface area contributed by atoms with Crippen LogP contribution < -0.4 is 10.6 Å². The number of hydrogen-bond donors (Lipinski definition) is 3. The molecule has 4 nitrogen and oxygen atoms in total. The summed E-state index contributed by atoms with van der Waals surface area (Å²) < 4.78 is 0. The van der Waals surface area contributed by atoms with Crippen molar-refractivity contribution in [1.82, 2.24) is 10.6 Å². The van der Waals surface area contributed by atoms with Crippen molar-refractivity contribution in [3.8, 4) is 5.75 Å². The van der Waals surface area contributed by atoms with Gasteiger partial charge in [-0.15, -0.1) is 0 Å². The van der Waals surface area contributed by atoms with Crippen LogP contribution in [-0.2, 0) is 0 Å².